The smallest absolute Gasteiger partial charge is 0.197 e. The van der Waals surface area contributed by atoms with Crippen LogP contribution in [0.5, 0.6) is 17.2 Å². The lowest BCUT2D eigenvalue weighted by Gasteiger charge is -2.08. The van der Waals surface area contributed by atoms with Crippen molar-refractivity contribution in [2.75, 3.05) is 6.61 Å². The molecule has 0 atom stereocenters. The number of phenols is 2. The number of unbranched alkanes of at least 4 members (excludes halogenated alkanes) is 2. The van der Waals surface area contributed by atoms with E-state index < -0.39 is 0 Å². The van der Waals surface area contributed by atoms with Crippen LogP contribution in [0.25, 0.3) is 22.3 Å². The van der Waals surface area contributed by atoms with E-state index in [1.807, 2.05) is 0 Å². The Balaban J connectivity index is 1.53. The normalized spacial score (nSPS) is 11.0. The van der Waals surface area contributed by atoms with Crippen molar-refractivity contribution in [2.45, 2.75) is 39.0 Å². The number of phenolic OH excluding ortho intramolecular Hbond substituents is 2. The van der Waals surface area contributed by atoms with Crippen molar-refractivity contribution in [2.24, 2.45) is 0 Å². The molecule has 35 heavy (non-hydrogen) atoms. The van der Waals surface area contributed by atoms with E-state index in [0.717, 1.165) is 25.7 Å². The summed E-state index contributed by atoms with van der Waals surface area (Å²) in [6.07, 6.45) is 4.72. The summed E-state index contributed by atoms with van der Waals surface area (Å²) >= 11 is 0. The largest absolute Gasteiger partial charge is 0.508 e. The van der Waals surface area contributed by atoms with Crippen LogP contribution in [-0.2, 0) is 0 Å². The Labute approximate surface area is 204 Å². The molecule has 6 heteroatoms. The molecule has 0 aliphatic rings. The highest BCUT2D eigenvalue weighted by atomic mass is 16.5. The van der Waals surface area contributed by atoms with Crippen molar-refractivity contribution >= 4 is 22.5 Å². The van der Waals surface area contributed by atoms with E-state index in [2.05, 4.69) is 6.92 Å². The average molecular weight is 472 g/mol. The van der Waals surface area contributed by atoms with Crippen LogP contribution in [0, 0.1) is 5.41 Å². The topological polar surface area (TPSA) is 104 Å². The third-order valence-electron chi connectivity index (χ3n) is 5.90. The summed E-state index contributed by atoms with van der Waals surface area (Å²) in [4.78, 5) is 13.6. The van der Waals surface area contributed by atoms with Gasteiger partial charge in [-0.05, 0) is 73.5 Å². The van der Waals surface area contributed by atoms with Gasteiger partial charge in [-0.15, -0.1) is 0 Å². The maximum absolute atomic E-state index is 13.6. The summed E-state index contributed by atoms with van der Waals surface area (Å²) in [5.74, 6) is 0.951. The van der Waals surface area contributed by atoms with Crippen molar-refractivity contribution in [3.8, 4) is 28.6 Å². The standard InChI is InChI=1S/C29H29NO5/c1-2-3-4-5-21(30)16-17-34-24-13-8-19(9-14-24)28(33)27-25-15-12-23(32)18-26(25)35-29(27)20-6-10-22(31)11-7-20/h6-15,18,30-32H,2-5,16-17H2,1H3. The van der Waals surface area contributed by atoms with E-state index in [-0.39, 0.29) is 17.3 Å². The van der Waals surface area contributed by atoms with Crippen LogP contribution >= 0.6 is 0 Å². The lowest BCUT2D eigenvalue weighted by Crippen LogP contribution is -2.06. The first-order chi connectivity index (χ1) is 17.0. The molecule has 0 aliphatic heterocycles. The Kier molecular flexibility index (Phi) is 7.51. The first kappa shape index (κ1) is 24.1. The number of hydrogen-bond acceptors (Lipinski definition) is 6. The molecule has 1 heterocycles. The van der Waals surface area contributed by atoms with Gasteiger partial charge in [0, 0.05) is 34.7 Å². The van der Waals surface area contributed by atoms with Gasteiger partial charge in [-0.1, -0.05) is 19.8 Å². The first-order valence-corrected chi connectivity index (χ1v) is 11.8. The molecule has 0 aliphatic carbocycles. The Morgan fingerprint density at radius 2 is 1.63 bits per heavy atom. The molecule has 0 fully saturated rings. The van der Waals surface area contributed by atoms with E-state index in [1.165, 1.54) is 24.3 Å². The van der Waals surface area contributed by atoms with E-state index in [4.69, 9.17) is 14.6 Å². The van der Waals surface area contributed by atoms with Gasteiger partial charge in [-0.2, -0.15) is 0 Å². The van der Waals surface area contributed by atoms with E-state index in [1.54, 1.807) is 42.5 Å². The quantitative estimate of drug-likeness (QED) is 0.123. The van der Waals surface area contributed by atoms with Crippen LogP contribution in [0.2, 0.25) is 0 Å². The molecular formula is C29H29NO5. The zero-order valence-corrected chi connectivity index (χ0v) is 19.7. The molecule has 0 saturated heterocycles. The molecule has 3 N–H and O–H groups in total. The summed E-state index contributed by atoms with van der Waals surface area (Å²) < 4.78 is 11.7. The van der Waals surface area contributed by atoms with Gasteiger partial charge in [0.2, 0.25) is 0 Å². The number of carbonyl (C=O) groups is 1. The van der Waals surface area contributed by atoms with Gasteiger partial charge >= 0.3 is 0 Å². The molecule has 0 unspecified atom stereocenters. The van der Waals surface area contributed by atoms with Gasteiger partial charge in [-0.25, -0.2) is 0 Å². The van der Waals surface area contributed by atoms with E-state index in [9.17, 15) is 15.0 Å². The SMILES string of the molecule is CCCCCC(=N)CCOc1ccc(C(=O)c2c(-c3ccc(O)cc3)oc3cc(O)ccc23)cc1. The minimum Gasteiger partial charge on any atom is -0.508 e. The lowest BCUT2D eigenvalue weighted by molar-refractivity contribution is 0.104. The molecule has 6 nitrogen and oxygen atoms in total. The van der Waals surface area contributed by atoms with Crippen molar-refractivity contribution < 1.29 is 24.2 Å². The molecule has 4 rings (SSSR count). The highest BCUT2D eigenvalue weighted by molar-refractivity contribution is 6.19. The molecule has 0 amide bonds. The predicted molar refractivity (Wildman–Crippen MR) is 137 cm³/mol. The molecule has 3 aromatic carbocycles. The maximum Gasteiger partial charge on any atom is 0.197 e. The number of carbonyl (C=O) groups excluding carboxylic acids is 1. The lowest BCUT2D eigenvalue weighted by atomic mass is 9.97. The summed E-state index contributed by atoms with van der Waals surface area (Å²) in [5.41, 5.74) is 2.60. The van der Waals surface area contributed by atoms with Crippen LogP contribution in [0.1, 0.15) is 54.9 Å². The number of furan rings is 1. The van der Waals surface area contributed by atoms with Gasteiger partial charge in [0.15, 0.2) is 5.78 Å². The fraction of sp³-hybridized carbons (Fsp3) is 0.241. The number of ketones is 1. The summed E-state index contributed by atoms with van der Waals surface area (Å²) in [7, 11) is 0. The molecule has 1 aromatic heterocycles. The minimum absolute atomic E-state index is 0.0439. The number of benzene rings is 3. The Hall–Kier alpha value is -4.06. The van der Waals surface area contributed by atoms with Crippen LogP contribution < -0.4 is 4.74 Å². The minimum atomic E-state index is -0.221. The summed E-state index contributed by atoms with van der Waals surface area (Å²) in [5, 5.41) is 28.1. The third-order valence-corrected chi connectivity index (χ3v) is 5.90. The number of nitrogens with one attached hydrogen (secondary N) is 1. The van der Waals surface area contributed by atoms with Crippen molar-refractivity contribution in [1.29, 1.82) is 5.41 Å². The average Bonchev–Trinajstić information content (AvgIpc) is 3.23. The predicted octanol–water partition coefficient (Wildman–Crippen LogP) is 7.11. The van der Waals surface area contributed by atoms with Crippen LogP contribution in [0.4, 0.5) is 0 Å². The van der Waals surface area contributed by atoms with Gasteiger partial charge in [-0.3, -0.25) is 4.79 Å². The van der Waals surface area contributed by atoms with E-state index >= 15 is 0 Å². The van der Waals surface area contributed by atoms with Crippen molar-refractivity contribution in [3.63, 3.8) is 0 Å². The first-order valence-electron chi connectivity index (χ1n) is 11.8. The Morgan fingerprint density at radius 1 is 0.914 bits per heavy atom. The van der Waals surface area contributed by atoms with Gasteiger partial charge in [0.25, 0.3) is 0 Å². The monoisotopic (exact) mass is 471 g/mol. The molecule has 0 spiro atoms. The maximum atomic E-state index is 13.6. The molecule has 4 aromatic rings. The third kappa shape index (κ3) is 5.72. The fourth-order valence-electron chi connectivity index (χ4n) is 3.98. The zero-order valence-electron chi connectivity index (χ0n) is 19.7. The summed E-state index contributed by atoms with van der Waals surface area (Å²) in [6.45, 7) is 2.58. The van der Waals surface area contributed by atoms with Crippen molar-refractivity contribution in [1.82, 2.24) is 0 Å². The number of fused-ring (bicyclic) bond motifs is 1. The molecular weight excluding hydrogens is 442 g/mol. The van der Waals surface area contributed by atoms with Crippen LogP contribution in [0.15, 0.2) is 71.1 Å². The highest BCUT2D eigenvalue weighted by Crippen LogP contribution is 2.37. The zero-order chi connectivity index (χ0) is 24.8. The Bertz CT molecular complexity index is 1320. The second-order valence-corrected chi connectivity index (χ2v) is 8.55. The van der Waals surface area contributed by atoms with Crippen LogP contribution in [0.3, 0.4) is 0 Å². The molecule has 0 saturated carbocycles. The molecule has 180 valence electrons. The van der Waals surface area contributed by atoms with Gasteiger partial charge in [0.1, 0.15) is 28.6 Å². The number of hydrogen-bond donors (Lipinski definition) is 3. The second kappa shape index (κ2) is 10.9. The Morgan fingerprint density at radius 3 is 2.34 bits per heavy atom. The highest BCUT2D eigenvalue weighted by Gasteiger charge is 2.23. The molecule has 0 radical (unpaired) electrons. The molecule has 0 bridgehead atoms. The number of aromatic hydroxyl groups is 2. The van der Waals surface area contributed by atoms with Gasteiger partial charge in [0.05, 0.1) is 12.2 Å². The van der Waals surface area contributed by atoms with Crippen molar-refractivity contribution in [3.05, 3.63) is 77.9 Å². The van der Waals surface area contributed by atoms with Gasteiger partial charge < -0.3 is 24.8 Å². The summed E-state index contributed by atoms with van der Waals surface area (Å²) in [6, 6.07) is 18.0. The van der Waals surface area contributed by atoms with Crippen LogP contribution in [-0.4, -0.2) is 28.3 Å². The second-order valence-electron chi connectivity index (χ2n) is 8.55. The number of rotatable bonds is 11. The fourth-order valence-corrected chi connectivity index (χ4v) is 3.98. The van der Waals surface area contributed by atoms with E-state index in [0.29, 0.717) is 57.9 Å². The number of ether oxygens (including phenoxy) is 1.